The summed E-state index contributed by atoms with van der Waals surface area (Å²) >= 11 is 0. The second-order valence-corrected chi connectivity index (χ2v) is 9.22. The molecule has 7 heteroatoms. The van der Waals surface area contributed by atoms with Crippen LogP contribution in [0.15, 0.2) is 72.8 Å². The van der Waals surface area contributed by atoms with E-state index in [1.54, 1.807) is 18.0 Å². The van der Waals surface area contributed by atoms with Crippen molar-refractivity contribution < 1.29 is 14.0 Å². The summed E-state index contributed by atoms with van der Waals surface area (Å²) in [7, 11) is 1.80. The SMILES string of the molecule is CN(C(=O)CN1CCCCC1)c1ccc(NC(=C2C(=O)Nc3cc(F)ccc32)c2ccccc2)cc1. The van der Waals surface area contributed by atoms with E-state index in [0.29, 0.717) is 29.1 Å². The lowest BCUT2D eigenvalue weighted by atomic mass is 10.00. The number of anilines is 3. The van der Waals surface area contributed by atoms with Gasteiger partial charge in [0.15, 0.2) is 0 Å². The molecule has 3 aromatic rings. The molecule has 0 aromatic heterocycles. The Hall–Kier alpha value is -3.97. The number of rotatable bonds is 6. The summed E-state index contributed by atoms with van der Waals surface area (Å²) in [5, 5.41) is 6.17. The average molecular weight is 485 g/mol. The van der Waals surface area contributed by atoms with E-state index in [2.05, 4.69) is 15.5 Å². The zero-order valence-corrected chi connectivity index (χ0v) is 20.3. The Morgan fingerprint density at radius 3 is 2.44 bits per heavy atom. The van der Waals surface area contributed by atoms with Crippen molar-refractivity contribution >= 4 is 40.1 Å². The number of carbonyl (C=O) groups excluding carboxylic acids is 2. The van der Waals surface area contributed by atoms with Gasteiger partial charge in [-0.25, -0.2) is 4.39 Å². The van der Waals surface area contributed by atoms with Gasteiger partial charge in [-0.2, -0.15) is 0 Å². The predicted octanol–water partition coefficient (Wildman–Crippen LogP) is 5.21. The Labute approximate surface area is 210 Å². The fourth-order valence-corrected chi connectivity index (χ4v) is 4.75. The fraction of sp³-hybridized carbons (Fsp3) is 0.241. The Morgan fingerprint density at radius 1 is 1.00 bits per heavy atom. The number of hydrogen-bond acceptors (Lipinski definition) is 4. The standard InChI is InChI=1S/C29H29FN4O2/c1-33(26(35)19-34-16-6-3-7-17-34)23-13-11-22(12-14-23)31-28(20-8-4-2-5-9-20)27-24-15-10-21(30)18-25(24)32-29(27)36/h2,4-5,8-15,18,31H,3,6-7,16-17,19H2,1H3,(H,32,36). The number of nitrogens with zero attached hydrogens (tertiary/aromatic N) is 2. The monoisotopic (exact) mass is 484 g/mol. The molecule has 1 fully saturated rings. The lowest BCUT2D eigenvalue weighted by molar-refractivity contribution is -0.119. The second kappa shape index (κ2) is 10.3. The molecule has 0 spiro atoms. The molecule has 6 nitrogen and oxygen atoms in total. The zero-order chi connectivity index (χ0) is 25.1. The summed E-state index contributed by atoms with van der Waals surface area (Å²) in [4.78, 5) is 29.7. The van der Waals surface area contributed by atoms with Crippen LogP contribution in [0.3, 0.4) is 0 Å². The van der Waals surface area contributed by atoms with Gasteiger partial charge in [0.1, 0.15) is 5.82 Å². The molecule has 2 aliphatic rings. The third-order valence-electron chi connectivity index (χ3n) is 6.74. The van der Waals surface area contributed by atoms with Crippen LogP contribution in [0.4, 0.5) is 21.5 Å². The number of likely N-dealkylation sites (tertiary alicyclic amines) is 1. The summed E-state index contributed by atoms with van der Waals surface area (Å²) in [5.74, 6) is -0.628. The van der Waals surface area contributed by atoms with Crippen molar-refractivity contribution in [3.05, 3.63) is 89.7 Å². The van der Waals surface area contributed by atoms with Crippen LogP contribution in [-0.4, -0.2) is 43.4 Å². The largest absolute Gasteiger partial charge is 0.354 e. The molecule has 184 valence electrons. The molecule has 2 aliphatic heterocycles. The molecule has 2 N–H and O–H groups in total. The third-order valence-corrected chi connectivity index (χ3v) is 6.74. The minimum atomic E-state index is -0.404. The first-order valence-corrected chi connectivity index (χ1v) is 12.3. The van der Waals surface area contributed by atoms with E-state index in [9.17, 15) is 14.0 Å². The van der Waals surface area contributed by atoms with Crippen LogP contribution in [-0.2, 0) is 9.59 Å². The van der Waals surface area contributed by atoms with Gasteiger partial charge < -0.3 is 15.5 Å². The first-order chi connectivity index (χ1) is 17.5. The normalized spacial score (nSPS) is 16.8. The third kappa shape index (κ3) is 5.02. The van der Waals surface area contributed by atoms with E-state index in [1.165, 1.54) is 18.6 Å². The summed E-state index contributed by atoms with van der Waals surface area (Å²) < 4.78 is 13.8. The number of nitrogens with one attached hydrogen (secondary N) is 2. The van der Waals surface area contributed by atoms with Gasteiger partial charge in [0.2, 0.25) is 5.91 Å². The van der Waals surface area contributed by atoms with Crippen LogP contribution in [0.5, 0.6) is 0 Å². The van der Waals surface area contributed by atoms with Gasteiger partial charge in [0.05, 0.1) is 23.5 Å². The maximum atomic E-state index is 13.8. The van der Waals surface area contributed by atoms with Gasteiger partial charge in [-0.15, -0.1) is 0 Å². The topological polar surface area (TPSA) is 64.7 Å². The van der Waals surface area contributed by atoms with Crippen molar-refractivity contribution in [2.75, 3.05) is 42.2 Å². The van der Waals surface area contributed by atoms with E-state index in [0.717, 1.165) is 42.9 Å². The fourth-order valence-electron chi connectivity index (χ4n) is 4.75. The molecule has 0 aliphatic carbocycles. The highest BCUT2D eigenvalue weighted by Gasteiger charge is 2.29. The lowest BCUT2D eigenvalue weighted by Gasteiger charge is -2.28. The first-order valence-electron chi connectivity index (χ1n) is 12.3. The number of halogens is 1. The number of carbonyl (C=O) groups is 2. The van der Waals surface area contributed by atoms with Gasteiger partial charge in [-0.05, 0) is 74.0 Å². The van der Waals surface area contributed by atoms with Gasteiger partial charge in [-0.1, -0.05) is 36.8 Å². The molecule has 0 radical (unpaired) electrons. The van der Waals surface area contributed by atoms with Crippen molar-refractivity contribution in [1.29, 1.82) is 0 Å². The first kappa shape index (κ1) is 23.8. The van der Waals surface area contributed by atoms with E-state index >= 15 is 0 Å². The van der Waals surface area contributed by atoms with Crippen LogP contribution >= 0.6 is 0 Å². The number of fused-ring (bicyclic) bond motifs is 1. The minimum absolute atomic E-state index is 0.0659. The predicted molar refractivity (Wildman–Crippen MR) is 142 cm³/mol. The van der Waals surface area contributed by atoms with Crippen molar-refractivity contribution in [3.63, 3.8) is 0 Å². The summed E-state index contributed by atoms with van der Waals surface area (Å²) in [6.07, 6.45) is 3.53. The average Bonchev–Trinajstić information content (AvgIpc) is 3.22. The number of piperidine rings is 1. The second-order valence-electron chi connectivity index (χ2n) is 9.22. The Balaban J connectivity index is 1.40. The molecule has 2 heterocycles. The maximum absolute atomic E-state index is 13.8. The van der Waals surface area contributed by atoms with Crippen molar-refractivity contribution in [3.8, 4) is 0 Å². The molecule has 0 atom stereocenters. The molecule has 1 saturated heterocycles. The Morgan fingerprint density at radius 2 is 1.72 bits per heavy atom. The van der Waals surface area contributed by atoms with E-state index in [-0.39, 0.29) is 11.8 Å². The smallest absolute Gasteiger partial charge is 0.258 e. The summed E-state index contributed by atoms with van der Waals surface area (Å²) in [6, 6.07) is 21.4. The molecule has 36 heavy (non-hydrogen) atoms. The molecule has 0 bridgehead atoms. The van der Waals surface area contributed by atoms with E-state index in [4.69, 9.17) is 0 Å². The molecule has 0 unspecified atom stereocenters. The van der Waals surface area contributed by atoms with Crippen LogP contribution in [0, 0.1) is 5.82 Å². The number of hydrogen-bond donors (Lipinski definition) is 2. The molecule has 2 amide bonds. The van der Waals surface area contributed by atoms with Gasteiger partial charge in [-0.3, -0.25) is 14.5 Å². The maximum Gasteiger partial charge on any atom is 0.258 e. The number of likely N-dealkylation sites (N-methyl/N-ethyl adjacent to an activating group) is 1. The van der Waals surface area contributed by atoms with Gasteiger partial charge >= 0.3 is 0 Å². The van der Waals surface area contributed by atoms with Crippen molar-refractivity contribution in [2.24, 2.45) is 0 Å². The van der Waals surface area contributed by atoms with Gasteiger partial charge in [0, 0.05) is 24.0 Å². The highest BCUT2D eigenvalue weighted by Crippen LogP contribution is 2.38. The summed E-state index contributed by atoms with van der Waals surface area (Å²) in [6.45, 7) is 2.38. The molecule has 3 aromatic carbocycles. The lowest BCUT2D eigenvalue weighted by Crippen LogP contribution is -2.40. The molecular weight excluding hydrogens is 455 g/mol. The highest BCUT2D eigenvalue weighted by molar-refractivity contribution is 6.37. The van der Waals surface area contributed by atoms with Crippen molar-refractivity contribution in [2.45, 2.75) is 19.3 Å². The van der Waals surface area contributed by atoms with E-state index < -0.39 is 5.82 Å². The van der Waals surface area contributed by atoms with Crippen LogP contribution < -0.4 is 15.5 Å². The number of benzene rings is 3. The zero-order valence-electron chi connectivity index (χ0n) is 20.3. The quantitative estimate of drug-likeness (QED) is 0.472. The molecular formula is C29H29FN4O2. The number of amides is 2. The van der Waals surface area contributed by atoms with Crippen LogP contribution in [0.25, 0.3) is 11.3 Å². The van der Waals surface area contributed by atoms with Crippen LogP contribution in [0.1, 0.15) is 30.4 Å². The minimum Gasteiger partial charge on any atom is -0.354 e. The Bertz CT molecular complexity index is 1300. The van der Waals surface area contributed by atoms with Gasteiger partial charge in [0.25, 0.3) is 5.91 Å². The van der Waals surface area contributed by atoms with Crippen molar-refractivity contribution in [1.82, 2.24) is 4.90 Å². The molecule has 5 rings (SSSR count). The molecule has 0 saturated carbocycles. The summed E-state index contributed by atoms with van der Waals surface area (Å²) in [5.41, 5.74) is 4.58. The Kier molecular flexibility index (Phi) is 6.82. The van der Waals surface area contributed by atoms with Crippen LogP contribution in [0.2, 0.25) is 0 Å². The van der Waals surface area contributed by atoms with E-state index in [1.807, 2.05) is 54.6 Å². The highest BCUT2D eigenvalue weighted by atomic mass is 19.1.